The van der Waals surface area contributed by atoms with Gasteiger partial charge in [-0.3, -0.25) is 0 Å². The van der Waals surface area contributed by atoms with E-state index >= 15 is 0 Å². The van der Waals surface area contributed by atoms with E-state index in [0.29, 0.717) is 12.1 Å². The summed E-state index contributed by atoms with van der Waals surface area (Å²) in [6.45, 7) is 2.49. The summed E-state index contributed by atoms with van der Waals surface area (Å²) in [6.07, 6.45) is 1.52. The van der Waals surface area contributed by atoms with Gasteiger partial charge in [0.05, 0.1) is 18.2 Å². The van der Waals surface area contributed by atoms with Gasteiger partial charge >= 0.3 is 0 Å². The van der Waals surface area contributed by atoms with Gasteiger partial charge in [-0.1, -0.05) is 6.07 Å². The van der Waals surface area contributed by atoms with Crippen molar-refractivity contribution in [2.75, 3.05) is 0 Å². The maximum atomic E-state index is 8.76. The van der Waals surface area contributed by atoms with Crippen LogP contribution in [0.25, 0.3) is 0 Å². The lowest BCUT2D eigenvalue weighted by atomic mass is 10.1. The summed E-state index contributed by atoms with van der Waals surface area (Å²) in [6, 6.07) is 9.46. The summed E-state index contributed by atoms with van der Waals surface area (Å²) in [7, 11) is 0. The fraction of sp³-hybridized carbons (Fsp3) is 0.167. The predicted molar refractivity (Wildman–Crippen MR) is 59.7 cm³/mol. The standard InChI is InChI=1S/C12H9N5/c1-9-4-10(5-13)2-3-11(9)7-17-8-15-12(6-14)16-17/h2-4,8H,7H2,1H3. The van der Waals surface area contributed by atoms with E-state index in [0.717, 1.165) is 11.1 Å². The molecule has 1 heterocycles. The topological polar surface area (TPSA) is 78.3 Å². The van der Waals surface area contributed by atoms with E-state index in [9.17, 15) is 0 Å². The van der Waals surface area contributed by atoms with E-state index < -0.39 is 0 Å². The zero-order valence-corrected chi connectivity index (χ0v) is 9.25. The third-order valence-corrected chi connectivity index (χ3v) is 2.44. The average molecular weight is 223 g/mol. The first kappa shape index (κ1) is 10.8. The minimum Gasteiger partial charge on any atom is -0.247 e. The van der Waals surface area contributed by atoms with Crippen LogP contribution in [-0.4, -0.2) is 14.8 Å². The summed E-state index contributed by atoms with van der Waals surface area (Å²) in [5.41, 5.74) is 2.72. The third-order valence-electron chi connectivity index (χ3n) is 2.44. The summed E-state index contributed by atoms with van der Waals surface area (Å²) in [5, 5.41) is 21.4. The fourth-order valence-corrected chi connectivity index (χ4v) is 1.54. The van der Waals surface area contributed by atoms with Crippen LogP contribution in [-0.2, 0) is 6.54 Å². The third kappa shape index (κ3) is 2.30. The van der Waals surface area contributed by atoms with Crippen molar-refractivity contribution in [1.29, 1.82) is 10.5 Å². The lowest BCUT2D eigenvalue weighted by molar-refractivity contribution is 0.679. The van der Waals surface area contributed by atoms with Crippen LogP contribution in [0.3, 0.4) is 0 Å². The fourth-order valence-electron chi connectivity index (χ4n) is 1.54. The molecule has 0 unspecified atom stereocenters. The Morgan fingerprint density at radius 3 is 2.71 bits per heavy atom. The zero-order chi connectivity index (χ0) is 12.3. The largest absolute Gasteiger partial charge is 0.252 e. The molecule has 82 valence electrons. The van der Waals surface area contributed by atoms with Crippen molar-refractivity contribution in [1.82, 2.24) is 14.8 Å². The quantitative estimate of drug-likeness (QED) is 0.770. The minimum atomic E-state index is 0.163. The van der Waals surface area contributed by atoms with Gasteiger partial charge < -0.3 is 0 Å². The lowest BCUT2D eigenvalue weighted by Gasteiger charge is -2.05. The van der Waals surface area contributed by atoms with Gasteiger partial charge in [-0.15, -0.1) is 5.10 Å². The molecule has 0 saturated carbocycles. The van der Waals surface area contributed by atoms with Crippen molar-refractivity contribution < 1.29 is 0 Å². The number of nitrogens with zero attached hydrogens (tertiary/aromatic N) is 5. The molecule has 5 nitrogen and oxygen atoms in total. The van der Waals surface area contributed by atoms with E-state index in [1.54, 1.807) is 10.7 Å². The van der Waals surface area contributed by atoms with Crippen LogP contribution >= 0.6 is 0 Å². The molecule has 0 bridgehead atoms. The second-order valence-corrected chi connectivity index (χ2v) is 3.63. The molecule has 0 aliphatic heterocycles. The first-order chi connectivity index (χ1) is 8.22. The van der Waals surface area contributed by atoms with Crippen LogP contribution in [0.2, 0.25) is 0 Å². The summed E-state index contributed by atoms with van der Waals surface area (Å²) in [5.74, 6) is 0.163. The molecule has 0 amide bonds. The number of hydrogen-bond donors (Lipinski definition) is 0. The van der Waals surface area contributed by atoms with Crippen LogP contribution in [0.1, 0.15) is 22.5 Å². The molecule has 0 aliphatic carbocycles. The van der Waals surface area contributed by atoms with Crippen LogP contribution in [0.5, 0.6) is 0 Å². The Balaban J connectivity index is 2.25. The van der Waals surface area contributed by atoms with Gasteiger partial charge in [0.1, 0.15) is 12.4 Å². The van der Waals surface area contributed by atoms with Crippen molar-refractivity contribution in [2.45, 2.75) is 13.5 Å². The molecule has 2 rings (SSSR count). The van der Waals surface area contributed by atoms with E-state index in [2.05, 4.69) is 16.2 Å². The maximum Gasteiger partial charge on any atom is 0.252 e. The Kier molecular flexibility index (Phi) is 2.85. The number of rotatable bonds is 2. The number of nitriles is 2. The molecule has 0 spiro atoms. The van der Waals surface area contributed by atoms with E-state index in [1.807, 2.05) is 25.1 Å². The second-order valence-electron chi connectivity index (χ2n) is 3.63. The maximum absolute atomic E-state index is 8.76. The lowest BCUT2D eigenvalue weighted by Crippen LogP contribution is -2.02. The number of benzene rings is 1. The predicted octanol–water partition coefficient (Wildman–Crippen LogP) is 1.38. The van der Waals surface area contributed by atoms with E-state index in [1.165, 1.54) is 6.33 Å². The van der Waals surface area contributed by atoms with Gasteiger partial charge in [-0.2, -0.15) is 10.5 Å². The van der Waals surface area contributed by atoms with Crippen LogP contribution in [0.4, 0.5) is 0 Å². The number of aryl methyl sites for hydroxylation is 1. The van der Waals surface area contributed by atoms with E-state index in [4.69, 9.17) is 10.5 Å². The summed E-state index contributed by atoms with van der Waals surface area (Å²) >= 11 is 0. The summed E-state index contributed by atoms with van der Waals surface area (Å²) < 4.78 is 1.60. The molecule has 5 heteroatoms. The van der Waals surface area contributed by atoms with E-state index in [-0.39, 0.29) is 5.82 Å². The molecule has 17 heavy (non-hydrogen) atoms. The van der Waals surface area contributed by atoms with Crippen molar-refractivity contribution in [3.63, 3.8) is 0 Å². The zero-order valence-electron chi connectivity index (χ0n) is 9.25. The number of hydrogen-bond acceptors (Lipinski definition) is 4. The monoisotopic (exact) mass is 223 g/mol. The number of aromatic nitrogens is 3. The molecule has 1 aromatic carbocycles. The second kappa shape index (κ2) is 4.46. The Morgan fingerprint density at radius 1 is 1.29 bits per heavy atom. The SMILES string of the molecule is Cc1cc(C#N)ccc1Cn1cnc(C#N)n1. The molecular formula is C12H9N5. The minimum absolute atomic E-state index is 0.163. The highest BCUT2D eigenvalue weighted by molar-refractivity contribution is 5.37. The Bertz CT molecular complexity index is 627. The Morgan fingerprint density at radius 2 is 2.12 bits per heavy atom. The smallest absolute Gasteiger partial charge is 0.247 e. The van der Waals surface area contributed by atoms with Crippen LogP contribution in [0, 0.1) is 29.6 Å². The molecule has 0 atom stereocenters. The molecule has 0 aliphatic rings. The van der Waals surface area contributed by atoms with Gasteiger partial charge in [0, 0.05) is 0 Å². The van der Waals surface area contributed by atoms with Gasteiger partial charge in [0.25, 0.3) is 5.82 Å². The van der Waals surface area contributed by atoms with Crippen LogP contribution in [0.15, 0.2) is 24.5 Å². The Hall–Kier alpha value is -2.66. The summed E-state index contributed by atoms with van der Waals surface area (Å²) in [4.78, 5) is 3.83. The molecule has 0 saturated heterocycles. The average Bonchev–Trinajstić information content (AvgIpc) is 2.79. The molecule has 1 aromatic heterocycles. The molecule has 0 N–H and O–H groups in total. The van der Waals surface area contributed by atoms with Gasteiger partial charge in [-0.25, -0.2) is 9.67 Å². The molecule has 2 aromatic rings. The normalized spacial score (nSPS) is 9.59. The van der Waals surface area contributed by atoms with Gasteiger partial charge in [0.2, 0.25) is 0 Å². The van der Waals surface area contributed by atoms with Gasteiger partial charge in [-0.05, 0) is 30.2 Å². The van der Waals surface area contributed by atoms with Gasteiger partial charge in [0.15, 0.2) is 0 Å². The van der Waals surface area contributed by atoms with Crippen LogP contribution < -0.4 is 0 Å². The first-order valence-corrected chi connectivity index (χ1v) is 5.02. The first-order valence-electron chi connectivity index (χ1n) is 5.02. The molecule has 0 fully saturated rings. The highest BCUT2D eigenvalue weighted by atomic mass is 15.3. The van der Waals surface area contributed by atoms with Crippen molar-refractivity contribution >= 4 is 0 Å². The highest BCUT2D eigenvalue weighted by Gasteiger charge is 2.03. The van der Waals surface area contributed by atoms with Crippen molar-refractivity contribution in [3.05, 3.63) is 47.0 Å². The molecular weight excluding hydrogens is 214 g/mol. The van der Waals surface area contributed by atoms with Crippen molar-refractivity contribution in [3.8, 4) is 12.1 Å². The van der Waals surface area contributed by atoms with Crippen molar-refractivity contribution in [2.24, 2.45) is 0 Å². The molecule has 0 radical (unpaired) electrons. The Labute approximate surface area is 98.6 Å². The highest BCUT2D eigenvalue weighted by Crippen LogP contribution is 2.11.